The molecule has 4 heteroatoms. The van der Waals surface area contributed by atoms with Crippen molar-refractivity contribution in [1.82, 2.24) is 10.6 Å². The molecule has 1 heterocycles. The second kappa shape index (κ2) is 5.47. The average molecular weight is 214 g/mol. The van der Waals surface area contributed by atoms with E-state index in [1.165, 1.54) is 0 Å². The highest BCUT2D eigenvalue weighted by Gasteiger charge is 2.37. The lowest BCUT2D eigenvalue weighted by Gasteiger charge is -2.36. The van der Waals surface area contributed by atoms with Crippen LogP contribution in [0.5, 0.6) is 0 Å². The number of aliphatic hydroxyl groups excluding tert-OH is 1. The minimum absolute atomic E-state index is 0.00103. The lowest BCUT2D eigenvalue weighted by molar-refractivity contribution is -0.133. The summed E-state index contributed by atoms with van der Waals surface area (Å²) in [6, 6.07) is -0.150. The first-order valence-electron chi connectivity index (χ1n) is 5.77. The topological polar surface area (TPSA) is 61.4 Å². The molecule has 1 fully saturated rings. The van der Waals surface area contributed by atoms with Gasteiger partial charge in [-0.3, -0.25) is 4.79 Å². The Morgan fingerprint density at radius 1 is 1.67 bits per heavy atom. The molecule has 3 N–H and O–H groups in total. The molecule has 88 valence electrons. The third kappa shape index (κ3) is 2.92. The summed E-state index contributed by atoms with van der Waals surface area (Å²) in [6.07, 6.45) is 2.85. The van der Waals surface area contributed by atoms with Gasteiger partial charge in [-0.05, 0) is 32.7 Å². The monoisotopic (exact) mass is 214 g/mol. The minimum Gasteiger partial charge on any atom is -0.394 e. The Labute approximate surface area is 91.4 Å². The minimum atomic E-state index is -0.262. The van der Waals surface area contributed by atoms with Crippen molar-refractivity contribution in [3.05, 3.63) is 0 Å². The van der Waals surface area contributed by atoms with Crippen molar-refractivity contribution in [2.24, 2.45) is 5.41 Å². The highest BCUT2D eigenvalue weighted by atomic mass is 16.3. The summed E-state index contributed by atoms with van der Waals surface area (Å²) in [4.78, 5) is 12.1. The van der Waals surface area contributed by atoms with Crippen LogP contribution in [0.2, 0.25) is 0 Å². The highest BCUT2D eigenvalue weighted by molar-refractivity contribution is 5.83. The molecule has 0 aromatic rings. The fourth-order valence-electron chi connectivity index (χ4n) is 2.05. The van der Waals surface area contributed by atoms with Crippen LogP contribution in [0.4, 0.5) is 0 Å². The molecule has 0 radical (unpaired) electrons. The predicted molar refractivity (Wildman–Crippen MR) is 59.5 cm³/mol. The van der Waals surface area contributed by atoms with Crippen LogP contribution in [0.1, 0.15) is 33.1 Å². The molecule has 1 aliphatic rings. The van der Waals surface area contributed by atoms with E-state index in [4.69, 9.17) is 5.11 Å². The Morgan fingerprint density at radius 2 is 2.40 bits per heavy atom. The van der Waals surface area contributed by atoms with E-state index >= 15 is 0 Å². The van der Waals surface area contributed by atoms with E-state index in [0.29, 0.717) is 0 Å². The Hall–Kier alpha value is -0.610. The van der Waals surface area contributed by atoms with Crippen LogP contribution < -0.4 is 10.6 Å². The summed E-state index contributed by atoms with van der Waals surface area (Å²) in [6.45, 7) is 5.63. The number of hydrogen-bond donors (Lipinski definition) is 3. The van der Waals surface area contributed by atoms with Crippen LogP contribution in [0.15, 0.2) is 0 Å². The van der Waals surface area contributed by atoms with E-state index < -0.39 is 0 Å². The number of carbonyl (C=O) groups is 1. The summed E-state index contributed by atoms with van der Waals surface area (Å²) >= 11 is 0. The molecule has 0 bridgehead atoms. The molecule has 1 aliphatic heterocycles. The van der Waals surface area contributed by atoms with Crippen LogP contribution in [0, 0.1) is 5.41 Å². The van der Waals surface area contributed by atoms with Gasteiger partial charge < -0.3 is 15.7 Å². The fraction of sp³-hybridized carbons (Fsp3) is 0.909. The van der Waals surface area contributed by atoms with Crippen LogP contribution in [-0.2, 0) is 4.79 Å². The molecular formula is C11H22N2O2. The third-order valence-electron chi connectivity index (χ3n) is 3.28. The van der Waals surface area contributed by atoms with E-state index in [9.17, 15) is 4.79 Å². The van der Waals surface area contributed by atoms with Crippen molar-refractivity contribution in [2.45, 2.75) is 39.2 Å². The number of aliphatic hydroxyl groups is 1. The van der Waals surface area contributed by atoms with Crippen LogP contribution in [-0.4, -0.2) is 36.8 Å². The van der Waals surface area contributed by atoms with Gasteiger partial charge in [0.1, 0.15) is 0 Å². The van der Waals surface area contributed by atoms with E-state index in [2.05, 4.69) is 17.6 Å². The quantitative estimate of drug-likeness (QED) is 0.629. The van der Waals surface area contributed by atoms with E-state index in [1.54, 1.807) is 0 Å². The maximum atomic E-state index is 12.1. The van der Waals surface area contributed by atoms with Gasteiger partial charge in [0.25, 0.3) is 0 Å². The molecule has 0 aromatic carbocycles. The summed E-state index contributed by atoms with van der Waals surface area (Å²) < 4.78 is 0. The molecular weight excluding hydrogens is 192 g/mol. The lowest BCUT2D eigenvalue weighted by atomic mass is 9.77. The fourth-order valence-corrected chi connectivity index (χ4v) is 2.05. The highest BCUT2D eigenvalue weighted by Crippen LogP contribution is 2.30. The van der Waals surface area contributed by atoms with Gasteiger partial charge >= 0.3 is 0 Å². The number of hydrogen-bond acceptors (Lipinski definition) is 3. The zero-order valence-corrected chi connectivity index (χ0v) is 9.68. The first-order valence-corrected chi connectivity index (χ1v) is 5.77. The van der Waals surface area contributed by atoms with Gasteiger partial charge in [-0.1, -0.05) is 6.92 Å². The summed E-state index contributed by atoms with van der Waals surface area (Å²) in [5.74, 6) is 0.0822. The Bertz CT molecular complexity index is 213. The van der Waals surface area contributed by atoms with Crippen molar-refractivity contribution >= 4 is 5.91 Å². The predicted octanol–water partition coefficient (Wildman–Crippen LogP) is 0.263. The van der Waals surface area contributed by atoms with Crippen LogP contribution in [0.3, 0.4) is 0 Å². The van der Waals surface area contributed by atoms with Crippen molar-refractivity contribution < 1.29 is 9.90 Å². The molecule has 1 rings (SSSR count). The molecule has 1 unspecified atom stereocenters. The molecule has 4 nitrogen and oxygen atoms in total. The number of carbonyl (C=O) groups excluding carboxylic acids is 1. The van der Waals surface area contributed by atoms with Crippen molar-refractivity contribution in [1.29, 1.82) is 0 Å². The number of amides is 1. The first kappa shape index (κ1) is 12.5. The van der Waals surface area contributed by atoms with E-state index in [-0.39, 0.29) is 24.0 Å². The molecule has 1 amide bonds. The molecule has 0 aliphatic carbocycles. The van der Waals surface area contributed by atoms with Gasteiger partial charge in [-0.25, -0.2) is 0 Å². The maximum Gasteiger partial charge on any atom is 0.227 e. The third-order valence-corrected chi connectivity index (χ3v) is 3.28. The van der Waals surface area contributed by atoms with Gasteiger partial charge in [0, 0.05) is 12.6 Å². The zero-order valence-electron chi connectivity index (χ0n) is 9.68. The van der Waals surface area contributed by atoms with E-state index in [1.807, 2.05) is 6.92 Å². The van der Waals surface area contributed by atoms with Gasteiger partial charge in [-0.15, -0.1) is 0 Å². The van der Waals surface area contributed by atoms with Gasteiger partial charge in [0.05, 0.1) is 12.0 Å². The number of nitrogens with one attached hydrogen (secondary N) is 2. The zero-order chi connectivity index (χ0) is 11.3. The maximum absolute atomic E-state index is 12.1. The molecule has 0 aromatic heterocycles. The standard InChI is InChI=1S/C11H22N2O2/c1-3-11(5-4-6-12-8-11)10(15)13-9(2)7-14/h9,12,14H,3-8H2,1-2H3,(H,13,15)/t9-,11?/m0/s1. The Kier molecular flexibility index (Phi) is 4.54. The van der Waals surface area contributed by atoms with Gasteiger partial charge in [0.15, 0.2) is 0 Å². The Morgan fingerprint density at radius 3 is 2.87 bits per heavy atom. The molecule has 2 atom stereocenters. The van der Waals surface area contributed by atoms with Crippen LogP contribution >= 0.6 is 0 Å². The number of rotatable bonds is 4. The molecule has 1 saturated heterocycles. The Balaban J connectivity index is 2.59. The lowest BCUT2D eigenvalue weighted by Crippen LogP contribution is -2.52. The molecule has 0 saturated carbocycles. The molecule has 15 heavy (non-hydrogen) atoms. The average Bonchev–Trinajstić information content (AvgIpc) is 2.29. The largest absolute Gasteiger partial charge is 0.394 e. The SMILES string of the molecule is CCC1(C(=O)N[C@@H](C)CO)CCCNC1. The summed E-state index contributed by atoms with van der Waals surface area (Å²) in [5, 5.41) is 15.0. The first-order chi connectivity index (χ1) is 7.14. The van der Waals surface area contributed by atoms with Crippen molar-refractivity contribution in [3.8, 4) is 0 Å². The second-order valence-corrected chi connectivity index (χ2v) is 4.47. The van der Waals surface area contributed by atoms with Crippen molar-refractivity contribution in [2.75, 3.05) is 19.7 Å². The molecule has 0 spiro atoms. The van der Waals surface area contributed by atoms with E-state index in [0.717, 1.165) is 32.4 Å². The normalized spacial score (nSPS) is 28.5. The van der Waals surface area contributed by atoms with Gasteiger partial charge in [0.2, 0.25) is 5.91 Å². The van der Waals surface area contributed by atoms with Crippen LogP contribution in [0.25, 0.3) is 0 Å². The van der Waals surface area contributed by atoms with Gasteiger partial charge in [-0.2, -0.15) is 0 Å². The number of piperidine rings is 1. The second-order valence-electron chi connectivity index (χ2n) is 4.47. The summed E-state index contributed by atoms with van der Waals surface area (Å²) in [7, 11) is 0. The summed E-state index contributed by atoms with van der Waals surface area (Å²) in [5.41, 5.74) is -0.262. The van der Waals surface area contributed by atoms with Crippen molar-refractivity contribution in [3.63, 3.8) is 0 Å². The smallest absolute Gasteiger partial charge is 0.227 e.